The number of phosphoric ester groups is 1. The maximum absolute atomic E-state index is 12.2. The second-order valence-electron chi connectivity index (χ2n) is 8.18. The van der Waals surface area contributed by atoms with Gasteiger partial charge >= 0.3 is 19.8 Å². The molecule has 0 radical (unpaired) electrons. The number of allylic oxidation sites excluding steroid dienone is 2. The average molecular weight is 508 g/mol. The highest BCUT2D eigenvalue weighted by Gasteiger charge is 2.25. The van der Waals surface area contributed by atoms with Gasteiger partial charge in [0.05, 0.1) is 13.2 Å². The summed E-state index contributed by atoms with van der Waals surface area (Å²) < 4.78 is 32.0. The van der Waals surface area contributed by atoms with Gasteiger partial charge < -0.3 is 20.1 Å². The minimum Gasteiger partial charge on any atom is -0.462 e. The molecule has 0 aromatic rings. The van der Waals surface area contributed by atoms with E-state index in [1.54, 1.807) is 0 Å². The third-order valence-corrected chi connectivity index (χ3v) is 5.90. The van der Waals surface area contributed by atoms with Gasteiger partial charge in [0.1, 0.15) is 6.61 Å². The Bertz CT molecular complexity index is 600. The van der Waals surface area contributed by atoms with E-state index in [-0.39, 0.29) is 32.6 Å². The quantitative estimate of drug-likeness (QED) is 0.0828. The number of rotatable bonds is 23. The zero-order valence-corrected chi connectivity index (χ0v) is 22.0. The molecule has 2 atom stereocenters. The number of esters is 2. The number of ether oxygens (including phenoxy) is 2. The normalized spacial score (nSPS) is 14.1. The summed E-state index contributed by atoms with van der Waals surface area (Å²) in [5, 5.41) is 0. The number of carbonyl (C=O) groups excluding carboxylic acids is 2. The van der Waals surface area contributed by atoms with E-state index in [9.17, 15) is 19.0 Å². The van der Waals surface area contributed by atoms with Crippen LogP contribution in [0, 0.1) is 0 Å². The predicted molar refractivity (Wildman–Crippen MR) is 132 cm³/mol. The van der Waals surface area contributed by atoms with Crippen LogP contribution in [0.1, 0.15) is 97.3 Å². The zero-order valence-electron chi connectivity index (χ0n) is 21.1. The topological polar surface area (TPSA) is 134 Å². The van der Waals surface area contributed by atoms with Gasteiger partial charge in [-0.3, -0.25) is 18.6 Å². The Kier molecular flexibility index (Phi) is 21.4. The summed E-state index contributed by atoms with van der Waals surface area (Å²) in [5.74, 6) is -0.869. The van der Waals surface area contributed by atoms with Gasteiger partial charge in [-0.1, -0.05) is 64.5 Å². The molecule has 3 N–H and O–H groups in total. The molecule has 9 nitrogen and oxygen atoms in total. The van der Waals surface area contributed by atoms with Crippen molar-refractivity contribution in [3.05, 3.63) is 12.2 Å². The van der Waals surface area contributed by atoms with Crippen molar-refractivity contribution in [3.8, 4) is 0 Å². The van der Waals surface area contributed by atoms with Gasteiger partial charge in [-0.05, 0) is 32.1 Å². The molecule has 200 valence electrons. The second kappa shape index (κ2) is 22.2. The van der Waals surface area contributed by atoms with Crippen LogP contribution >= 0.6 is 7.82 Å². The highest BCUT2D eigenvalue weighted by Crippen LogP contribution is 2.43. The Balaban J connectivity index is 4.42. The fourth-order valence-electron chi connectivity index (χ4n) is 3.04. The largest absolute Gasteiger partial charge is 0.472 e. The summed E-state index contributed by atoms with van der Waals surface area (Å²) in [6, 6.07) is 0. The third-order valence-electron chi connectivity index (χ3n) is 4.91. The third kappa shape index (κ3) is 21.3. The number of carbonyl (C=O) groups is 2. The van der Waals surface area contributed by atoms with Gasteiger partial charge in [0, 0.05) is 19.4 Å². The first-order chi connectivity index (χ1) is 16.3. The van der Waals surface area contributed by atoms with Crippen molar-refractivity contribution in [1.82, 2.24) is 0 Å². The molecule has 0 heterocycles. The zero-order chi connectivity index (χ0) is 25.5. The fourth-order valence-corrected chi connectivity index (χ4v) is 3.81. The first kappa shape index (κ1) is 32.8. The van der Waals surface area contributed by atoms with Gasteiger partial charge in [0.15, 0.2) is 6.10 Å². The van der Waals surface area contributed by atoms with Crippen molar-refractivity contribution in [1.29, 1.82) is 0 Å². The SMILES string of the molecule is CC/C=C/CCCCCCCC(=O)O[C@H](COC(=O)CCCCCC)COP(=O)(O)OCCN. The van der Waals surface area contributed by atoms with E-state index >= 15 is 0 Å². The van der Waals surface area contributed by atoms with Crippen LogP contribution in [0.3, 0.4) is 0 Å². The summed E-state index contributed by atoms with van der Waals surface area (Å²) in [5.41, 5.74) is 5.26. The smallest absolute Gasteiger partial charge is 0.462 e. The molecule has 1 unspecified atom stereocenters. The number of phosphoric acid groups is 1. The number of nitrogens with two attached hydrogens (primary N) is 1. The molecule has 0 aliphatic carbocycles. The highest BCUT2D eigenvalue weighted by atomic mass is 31.2. The van der Waals surface area contributed by atoms with E-state index in [1.807, 2.05) is 0 Å². The van der Waals surface area contributed by atoms with E-state index in [4.69, 9.17) is 19.7 Å². The van der Waals surface area contributed by atoms with E-state index in [2.05, 4.69) is 30.5 Å². The van der Waals surface area contributed by atoms with Crippen molar-refractivity contribution < 1.29 is 37.6 Å². The van der Waals surface area contributed by atoms with E-state index < -0.39 is 32.5 Å². The molecule has 0 aliphatic heterocycles. The van der Waals surface area contributed by atoms with Crippen LogP contribution in [0.25, 0.3) is 0 Å². The molecule has 0 saturated carbocycles. The minimum atomic E-state index is -4.34. The Labute approximate surface area is 205 Å². The van der Waals surface area contributed by atoms with Crippen molar-refractivity contribution in [3.63, 3.8) is 0 Å². The van der Waals surface area contributed by atoms with Crippen LogP contribution in [0.4, 0.5) is 0 Å². The van der Waals surface area contributed by atoms with Gasteiger partial charge in [-0.25, -0.2) is 4.57 Å². The van der Waals surface area contributed by atoms with Crippen LogP contribution < -0.4 is 5.73 Å². The van der Waals surface area contributed by atoms with Gasteiger partial charge in [0.2, 0.25) is 0 Å². The van der Waals surface area contributed by atoms with Crippen LogP contribution in [0.15, 0.2) is 12.2 Å². The van der Waals surface area contributed by atoms with Crippen LogP contribution in [-0.4, -0.2) is 49.3 Å². The molecule has 34 heavy (non-hydrogen) atoms. The molecule has 0 fully saturated rings. The van der Waals surface area contributed by atoms with Gasteiger partial charge in [0.25, 0.3) is 0 Å². The maximum atomic E-state index is 12.2. The Morgan fingerprint density at radius 1 is 0.882 bits per heavy atom. The molecule has 0 aromatic heterocycles. The second-order valence-corrected chi connectivity index (χ2v) is 9.63. The van der Waals surface area contributed by atoms with E-state index in [0.29, 0.717) is 6.42 Å². The Hall–Kier alpha value is -1.25. The molecule has 0 aliphatic rings. The summed E-state index contributed by atoms with van der Waals surface area (Å²) in [6.07, 6.45) is 14.7. The van der Waals surface area contributed by atoms with Crippen molar-refractivity contribution in [2.75, 3.05) is 26.4 Å². The molecule has 0 aromatic carbocycles. The molecule has 10 heteroatoms. The molecule has 0 spiro atoms. The summed E-state index contributed by atoms with van der Waals surface area (Å²) in [4.78, 5) is 33.9. The molecule has 0 bridgehead atoms. The van der Waals surface area contributed by atoms with Crippen molar-refractivity contribution in [2.45, 2.75) is 103 Å². The lowest BCUT2D eigenvalue weighted by atomic mass is 10.1. The lowest BCUT2D eigenvalue weighted by Gasteiger charge is -2.19. The Morgan fingerprint density at radius 3 is 2.21 bits per heavy atom. The molecule has 0 amide bonds. The molecular weight excluding hydrogens is 461 g/mol. The molecular formula is C24H46NO8P. The van der Waals surface area contributed by atoms with E-state index in [1.165, 1.54) is 0 Å². The number of hydrogen-bond donors (Lipinski definition) is 2. The maximum Gasteiger partial charge on any atom is 0.472 e. The van der Waals surface area contributed by atoms with Crippen LogP contribution in [-0.2, 0) is 32.7 Å². The van der Waals surface area contributed by atoms with Crippen LogP contribution in [0.2, 0.25) is 0 Å². The van der Waals surface area contributed by atoms with Gasteiger partial charge in [-0.15, -0.1) is 0 Å². The van der Waals surface area contributed by atoms with E-state index in [0.717, 1.165) is 64.2 Å². The Morgan fingerprint density at radius 2 is 1.53 bits per heavy atom. The number of hydrogen-bond acceptors (Lipinski definition) is 8. The summed E-state index contributed by atoms with van der Waals surface area (Å²) >= 11 is 0. The summed E-state index contributed by atoms with van der Waals surface area (Å²) in [6.45, 7) is 3.42. The minimum absolute atomic E-state index is 0.0530. The lowest BCUT2D eigenvalue weighted by Crippen LogP contribution is -2.29. The molecule has 0 saturated heterocycles. The first-order valence-electron chi connectivity index (χ1n) is 12.7. The lowest BCUT2D eigenvalue weighted by molar-refractivity contribution is -0.161. The first-order valence-corrected chi connectivity index (χ1v) is 14.2. The number of unbranched alkanes of at least 4 members (excludes halogenated alkanes) is 8. The van der Waals surface area contributed by atoms with Gasteiger partial charge in [-0.2, -0.15) is 0 Å². The van der Waals surface area contributed by atoms with Crippen molar-refractivity contribution in [2.24, 2.45) is 5.73 Å². The van der Waals surface area contributed by atoms with Crippen LogP contribution in [0.5, 0.6) is 0 Å². The average Bonchev–Trinajstić information content (AvgIpc) is 2.81. The molecule has 0 rings (SSSR count). The summed E-state index contributed by atoms with van der Waals surface area (Å²) in [7, 11) is -4.34. The predicted octanol–water partition coefficient (Wildman–Crippen LogP) is 5.20. The van der Waals surface area contributed by atoms with Crippen molar-refractivity contribution >= 4 is 19.8 Å². The monoisotopic (exact) mass is 507 g/mol. The highest BCUT2D eigenvalue weighted by molar-refractivity contribution is 7.47. The standard InChI is InChI=1S/C24H46NO8P/c1-3-5-7-9-10-11-12-13-15-17-24(27)33-22(21-32-34(28,29)31-19-18-25)20-30-23(26)16-14-8-6-4-2/h5,7,22H,3-4,6,8-21,25H2,1-2H3,(H,28,29)/b7-5+/t22-/m1/s1. The fraction of sp³-hybridized carbons (Fsp3) is 0.833.